The van der Waals surface area contributed by atoms with E-state index in [-0.39, 0.29) is 5.69 Å². The van der Waals surface area contributed by atoms with E-state index in [9.17, 15) is 4.79 Å². The van der Waals surface area contributed by atoms with Gasteiger partial charge in [-0.1, -0.05) is 23.1 Å². The molecule has 0 unspecified atom stereocenters. The molecule has 17 heavy (non-hydrogen) atoms. The first-order valence-corrected chi connectivity index (χ1v) is 7.16. The zero-order valence-corrected chi connectivity index (χ0v) is 11.0. The minimum Gasteiger partial charge on any atom is -0.476 e. The Balaban J connectivity index is 2.26. The maximum Gasteiger partial charge on any atom is 0.357 e. The van der Waals surface area contributed by atoms with Gasteiger partial charge in [-0.2, -0.15) is 0 Å². The van der Waals surface area contributed by atoms with Crippen LogP contribution in [0.2, 0.25) is 0 Å². The standard InChI is InChI=1S/C8H6N4O2S3/c1-15-7-11-12-8(17-7)16-5-4(6(13)14)9-2-3-10-5/h2-3H,1H3,(H,13,14). The quantitative estimate of drug-likeness (QED) is 0.852. The van der Waals surface area contributed by atoms with Gasteiger partial charge >= 0.3 is 5.97 Å². The summed E-state index contributed by atoms with van der Waals surface area (Å²) in [7, 11) is 0. The zero-order chi connectivity index (χ0) is 12.3. The Morgan fingerprint density at radius 2 is 2.00 bits per heavy atom. The number of rotatable bonds is 4. The zero-order valence-electron chi connectivity index (χ0n) is 8.52. The molecule has 0 amide bonds. The molecule has 9 heteroatoms. The molecule has 0 bridgehead atoms. The molecule has 0 fully saturated rings. The lowest BCUT2D eigenvalue weighted by atomic mass is 10.5. The van der Waals surface area contributed by atoms with Crippen molar-refractivity contribution in [2.45, 2.75) is 13.7 Å². The van der Waals surface area contributed by atoms with Crippen LogP contribution in [0.5, 0.6) is 0 Å². The van der Waals surface area contributed by atoms with Crippen LogP contribution in [0.25, 0.3) is 0 Å². The number of carbonyl (C=O) groups is 1. The van der Waals surface area contributed by atoms with E-state index in [1.807, 2.05) is 6.26 Å². The summed E-state index contributed by atoms with van der Waals surface area (Å²) in [6.45, 7) is 0. The van der Waals surface area contributed by atoms with E-state index >= 15 is 0 Å². The number of hydrogen-bond donors (Lipinski definition) is 1. The van der Waals surface area contributed by atoms with Crippen LogP contribution in [-0.4, -0.2) is 37.5 Å². The van der Waals surface area contributed by atoms with Gasteiger partial charge in [0.05, 0.1) is 0 Å². The Morgan fingerprint density at radius 1 is 1.29 bits per heavy atom. The number of carboxylic acids is 1. The molecule has 0 atom stereocenters. The highest BCUT2D eigenvalue weighted by atomic mass is 32.2. The van der Waals surface area contributed by atoms with Crippen LogP contribution in [0.15, 0.2) is 26.1 Å². The summed E-state index contributed by atoms with van der Waals surface area (Å²) in [6.07, 6.45) is 4.70. The predicted octanol–water partition coefficient (Wildman–Crippen LogP) is 1.90. The molecule has 0 radical (unpaired) electrons. The average molecular weight is 286 g/mol. The summed E-state index contributed by atoms with van der Waals surface area (Å²) >= 11 is 4.04. The minimum atomic E-state index is -1.10. The lowest BCUT2D eigenvalue weighted by molar-refractivity contribution is 0.0685. The molecular formula is C8H6N4O2S3. The van der Waals surface area contributed by atoms with Crippen molar-refractivity contribution in [3.63, 3.8) is 0 Å². The van der Waals surface area contributed by atoms with E-state index in [0.29, 0.717) is 9.37 Å². The summed E-state index contributed by atoms with van der Waals surface area (Å²) < 4.78 is 1.48. The molecule has 1 N–H and O–H groups in total. The predicted molar refractivity (Wildman–Crippen MR) is 64.8 cm³/mol. The highest BCUT2D eigenvalue weighted by Crippen LogP contribution is 2.32. The number of carboxylic acid groups (broad SMARTS) is 1. The van der Waals surface area contributed by atoms with Crippen LogP contribution in [0.3, 0.4) is 0 Å². The molecule has 0 saturated heterocycles. The van der Waals surface area contributed by atoms with E-state index < -0.39 is 5.97 Å². The van der Waals surface area contributed by atoms with Gasteiger partial charge < -0.3 is 5.11 Å². The summed E-state index contributed by atoms with van der Waals surface area (Å²) in [5.74, 6) is -1.10. The topological polar surface area (TPSA) is 88.9 Å². The van der Waals surface area contributed by atoms with Crippen LogP contribution in [0.4, 0.5) is 0 Å². The number of thioether (sulfide) groups is 1. The smallest absolute Gasteiger partial charge is 0.357 e. The third-order valence-electron chi connectivity index (χ3n) is 1.61. The molecule has 0 aliphatic rings. The first-order chi connectivity index (χ1) is 8.20. The second kappa shape index (κ2) is 5.43. The molecule has 0 aromatic carbocycles. The van der Waals surface area contributed by atoms with Crippen molar-refractivity contribution in [3.05, 3.63) is 18.1 Å². The third-order valence-corrected chi connectivity index (χ3v) is 4.56. The van der Waals surface area contributed by atoms with Crippen molar-refractivity contribution in [1.82, 2.24) is 20.2 Å². The van der Waals surface area contributed by atoms with E-state index in [1.54, 1.807) is 0 Å². The second-order valence-corrected chi connectivity index (χ2v) is 5.92. The average Bonchev–Trinajstić information content (AvgIpc) is 2.77. The van der Waals surface area contributed by atoms with Gasteiger partial charge in [0.2, 0.25) is 0 Å². The molecular weight excluding hydrogens is 280 g/mol. The Bertz CT molecular complexity index is 545. The largest absolute Gasteiger partial charge is 0.476 e. The highest BCUT2D eigenvalue weighted by molar-refractivity contribution is 8.03. The van der Waals surface area contributed by atoms with Gasteiger partial charge in [0.15, 0.2) is 14.4 Å². The molecule has 2 rings (SSSR count). The van der Waals surface area contributed by atoms with Gasteiger partial charge in [0.25, 0.3) is 0 Å². The summed E-state index contributed by atoms with van der Waals surface area (Å²) in [4.78, 5) is 18.7. The maximum atomic E-state index is 10.9. The summed E-state index contributed by atoms with van der Waals surface area (Å²) in [6, 6.07) is 0. The van der Waals surface area contributed by atoms with Gasteiger partial charge in [0.1, 0.15) is 5.03 Å². The van der Waals surface area contributed by atoms with E-state index in [4.69, 9.17) is 5.11 Å². The maximum absolute atomic E-state index is 10.9. The normalized spacial score (nSPS) is 10.4. The van der Waals surface area contributed by atoms with Crippen LogP contribution in [0, 0.1) is 0 Å². The van der Waals surface area contributed by atoms with Crippen LogP contribution in [-0.2, 0) is 0 Å². The molecule has 0 saturated carbocycles. The fourth-order valence-corrected chi connectivity index (χ4v) is 3.35. The lowest BCUT2D eigenvalue weighted by Crippen LogP contribution is -2.03. The van der Waals surface area contributed by atoms with Crippen molar-refractivity contribution in [3.8, 4) is 0 Å². The number of aromatic carboxylic acids is 1. The van der Waals surface area contributed by atoms with Crippen molar-refractivity contribution in [2.24, 2.45) is 0 Å². The molecule has 0 spiro atoms. The van der Waals surface area contributed by atoms with Crippen LogP contribution >= 0.6 is 34.9 Å². The fraction of sp³-hybridized carbons (Fsp3) is 0.125. The Labute approximate surface area is 109 Å². The van der Waals surface area contributed by atoms with E-state index in [0.717, 1.165) is 16.1 Å². The Hall–Kier alpha value is -1.19. The molecule has 2 aromatic rings. The number of hydrogen-bond acceptors (Lipinski definition) is 8. The first-order valence-electron chi connectivity index (χ1n) is 4.30. The number of aromatic nitrogens is 4. The van der Waals surface area contributed by atoms with Crippen molar-refractivity contribution in [1.29, 1.82) is 0 Å². The van der Waals surface area contributed by atoms with Gasteiger partial charge in [-0.05, 0) is 18.0 Å². The third kappa shape index (κ3) is 2.93. The molecule has 2 heterocycles. The monoisotopic (exact) mass is 286 g/mol. The van der Waals surface area contributed by atoms with Crippen LogP contribution < -0.4 is 0 Å². The van der Waals surface area contributed by atoms with Crippen LogP contribution in [0.1, 0.15) is 10.5 Å². The SMILES string of the molecule is CSc1nnc(Sc2nccnc2C(=O)O)s1. The van der Waals surface area contributed by atoms with Crippen molar-refractivity contribution in [2.75, 3.05) is 6.26 Å². The molecule has 88 valence electrons. The van der Waals surface area contributed by atoms with Crippen molar-refractivity contribution < 1.29 is 9.90 Å². The van der Waals surface area contributed by atoms with E-state index in [1.165, 1.54) is 35.5 Å². The molecule has 0 aliphatic carbocycles. The Morgan fingerprint density at radius 3 is 2.65 bits per heavy atom. The molecule has 6 nitrogen and oxygen atoms in total. The fourth-order valence-electron chi connectivity index (χ4n) is 0.950. The Kier molecular flexibility index (Phi) is 3.92. The van der Waals surface area contributed by atoms with Gasteiger partial charge in [-0.15, -0.1) is 10.2 Å². The van der Waals surface area contributed by atoms with E-state index in [2.05, 4.69) is 20.2 Å². The first kappa shape index (κ1) is 12.3. The van der Waals surface area contributed by atoms with Gasteiger partial charge in [0, 0.05) is 12.4 Å². The summed E-state index contributed by atoms with van der Waals surface area (Å²) in [5.41, 5.74) is -0.0709. The summed E-state index contributed by atoms with van der Waals surface area (Å²) in [5, 5.41) is 17.1. The highest BCUT2D eigenvalue weighted by Gasteiger charge is 2.15. The molecule has 0 aliphatic heterocycles. The van der Waals surface area contributed by atoms with Gasteiger partial charge in [-0.3, -0.25) is 0 Å². The molecule has 2 aromatic heterocycles. The second-order valence-electron chi connectivity index (χ2n) is 2.66. The number of nitrogens with zero attached hydrogens (tertiary/aromatic N) is 4. The minimum absolute atomic E-state index is 0.0709. The van der Waals surface area contributed by atoms with Crippen molar-refractivity contribution >= 4 is 40.8 Å². The van der Waals surface area contributed by atoms with Gasteiger partial charge in [-0.25, -0.2) is 14.8 Å². The lowest BCUT2D eigenvalue weighted by Gasteiger charge is -1.99.